The van der Waals surface area contributed by atoms with Gasteiger partial charge in [0, 0.05) is 12.8 Å². The van der Waals surface area contributed by atoms with Crippen molar-refractivity contribution in [2.75, 3.05) is 13.7 Å². The Hall–Kier alpha value is -1.91. The van der Waals surface area contributed by atoms with Gasteiger partial charge in [0.1, 0.15) is 11.9 Å². The van der Waals surface area contributed by atoms with Crippen molar-refractivity contribution in [3.63, 3.8) is 0 Å². The summed E-state index contributed by atoms with van der Waals surface area (Å²) < 4.78 is 18.8. The Morgan fingerprint density at radius 1 is 1.50 bits per heavy atom. The molecule has 2 aliphatic heterocycles. The number of carbonyl (C=O) groups is 1. The molecule has 0 bridgehead atoms. The highest BCUT2D eigenvalue weighted by Crippen LogP contribution is 2.32. The molecule has 0 spiro atoms. The highest BCUT2D eigenvalue weighted by molar-refractivity contribution is 6.03. The van der Waals surface area contributed by atoms with Crippen molar-refractivity contribution in [1.29, 1.82) is 0 Å². The molecule has 2 aliphatic rings. The summed E-state index contributed by atoms with van der Waals surface area (Å²) in [6.45, 7) is 0.438. The summed E-state index contributed by atoms with van der Waals surface area (Å²) in [4.78, 5) is 18.1. The molecule has 1 saturated heterocycles. The van der Waals surface area contributed by atoms with Crippen LogP contribution in [0.15, 0.2) is 23.2 Å². The molecule has 0 N–H and O–H groups in total. The van der Waals surface area contributed by atoms with Crippen LogP contribution in [0, 0.1) is 0 Å². The Morgan fingerprint density at radius 3 is 3.11 bits per heavy atom. The van der Waals surface area contributed by atoms with Crippen molar-refractivity contribution < 1.29 is 13.9 Å². The monoisotopic (exact) mass is 248 g/mol. The molecule has 0 aliphatic carbocycles. The largest absolute Gasteiger partial charge is 0.497 e. The lowest BCUT2D eigenvalue weighted by atomic mass is 10.1. The molecular weight excluding hydrogens is 235 g/mol. The molecule has 1 fully saturated rings. The summed E-state index contributed by atoms with van der Waals surface area (Å²) in [5.74, 6) is 0.429. The number of halogens is 1. The number of benzene rings is 1. The fourth-order valence-corrected chi connectivity index (χ4v) is 2.43. The highest BCUT2D eigenvalue weighted by Gasteiger charge is 2.38. The van der Waals surface area contributed by atoms with E-state index in [9.17, 15) is 9.18 Å². The van der Waals surface area contributed by atoms with E-state index in [0.29, 0.717) is 30.0 Å². The first-order valence-electron chi connectivity index (χ1n) is 5.88. The predicted molar refractivity (Wildman–Crippen MR) is 65.5 cm³/mol. The summed E-state index contributed by atoms with van der Waals surface area (Å²) in [5, 5.41) is 0. The summed E-state index contributed by atoms with van der Waals surface area (Å²) in [6, 6.07) is 4.59. The minimum absolute atomic E-state index is 0.174. The lowest BCUT2D eigenvalue weighted by molar-refractivity contribution is 0.0758. The van der Waals surface area contributed by atoms with Crippen LogP contribution in [-0.2, 0) is 0 Å². The first-order chi connectivity index (χ1) is 8.70. The van der Waals surface area contributed by atoms with Gasteiger partial charge in [-0.15, -0.1) is 0 Å². The number of carbonyl (C=O) groups excluding carboxylic acids is 1. The fraction of sp³-hybridized carbons (Fsp3) is 0.385. The molecule has 0 radical (unpaired) electrons. The van der Waals surface area contributed by atoms with Gasteiger partial charge in [-0.1, -0.05) is 0 Å². The first kappa shape index (κ1) is 11.2. The van der Waals surface area contributed by atoms with Crippen molar-refractivity contribution in [3.8, 4) is 5.75 Å². The zero-order valence-electron chi connectivity index (χ0n) is 9.97. The van der Waals surface area contributed by atoms with Crippen LogP contribution in [0.25, 0.3) is 0 Å². The number of alkyl halides is 1. The Labute approximate surface area is 104 Å². The summed E-state index contributed by atoms with van der Waals surface area (Å²) in [6.07, 6.45) is 0.893. The minimum atomic E-state index is -1.02. The Balaban J connectivity index is 2.07. The maximum atomic E-state index is 13.7. The molecule has 94 valence electrons. The molecule has 1 aromatic rings. The number of amides is 1. The number of fused-ring (bicyclic) bond motifs is 2. The second-order valence-electron chi connectivity index (χ2n) is 4.46. The Morgan fingerprint density at radius 2 is 2.33 bits per heavy atom. The van der Waals surface area contributed by atoms with Crippen LogP contribution in [0.5, 0.6) is 5.75 Å². The number of rotatable bonds is 1. The van der Waals surface area contributed by atoms with Gasteiger partial charge in [0.05, 0.1) is 24.4 Å². The topological polar surface area (TPSA) is 41.9 Å². The number of aliphatic imine (C=N–C) groups is 1. The van der Waals surface area contributed by atoms with E-state index in [-0.39, 0.29) is 5.91 Å². The summed E-state index contributed by atoms with van der Waals surface area (Å²) >= 11 is 0. The summed E-state index contributed by atoms with van der Waals surface area (Å²) in [5.41, 5.74) is 1.05. The Bertz CT molecular complexity index is 530. The lowest BCUT2D eigenvalue weighted by Gasteiger charge is -2.20. The molecule has 2 atom stereocenters. The second kappa shape index (κ2) is 4.08. The number of hydrogen-bond acceptors (Lipinski definition) is 3. The average molecular weight is 248 g/mol. The van der Waals surface area contributed by atoms with Gasteiger partial charge in [-0.25, -0.2) is 4.39 Å². The fourth-order valence-electron chi connectivity index (χ4n) is 2.43. The molecule has 1 amide bonds. The van der Waals surface area contributed by atoms with Gasteiger partial charge < -0.3 is 9.64 Å². The number of nitrogens with zero attached hydrogens (tertiary/aromatic N) is 2. The van der Waals surface area contributed by atoms with Gasteiger partial charge in [-0.3, -0.25) is 9.79 Å². The number of hydrogen-bond donors (Lipinski definition) is 0. The van der Waals surface area contributed by atoms with Crippen molar-refractivity contribution in [1.82, 2.24) is 4.90 Å². The van der Waals surface area contributed by atoms with Crippen LogP contribution in [0.3, 0.4) is 0 Å². The van der Waals surface area contributed by atoms with Crippen LogP contribution >= 0.6 is 0 Å². The van der Waals surface area contributed by atoms with E-state index in [1.807, 2.05) is 0 Å². The van der Waals surface area contributed by atoms with Crippen LogP contribution < -0.4 is 4.74 Å². The Kier molecular flexibility index (Phi) is 2.54. The predicted octanol–water partition coefficient (Wildman–Crippen LogP) is 1.96. The SMILES string of the molecule is COc1ccc2c(c1)C(=O)N1CCC(F)C1C=N2. The normalized spacial score (nSPS) is 25.7. The second-order valence-corrected chi connectivity index (χ2v) is 4.46. The van der Waals surface area contributed by atoms with Crippen LogP contribution in [0.1, 0.15) is 16.8 Å². The van der Waals surface area contributed by atoms with E-state index in [4.69, 9.17) is 4.74 Å². The van der Waals surface area contributed by atoms with Gasteiger partial charge in [0.15, 0.2) is 0 Å². The average Bonchev–Trinajstić information content (AvgIpc) is 2.69. The van der Waals surface area contributed by atoms with E-state index in [0.717, 1.165) is 0 Å². The van der Waals surface area contributed by atoms with Crippen LogP contribution in [-0.4, -0.2) is 42.9 Å². The van der Waals surface area contributed by atoms with Gasteiger partial charge in [-0.2, -0.15) is 0 Å². The van der Waals surface area contributed by atoms with E-state index < -0.39 is 12.2 Å². The number of ether oxygens (including phenoxy) is 1. The third-order valence-corrected chi connectivity index (χ3v) is 3.44. The van der Waals surface area contributed by atoms with Crippen LogP contribution in [0.4, 0.5) is 10.1 Å². The molecule has 0 aromatic heterocycles. The standard InChI is InChI=1S/C13H13FN2O2/c1-18-8-2-3-11-9(6-8)13(17)16-5-4-10(14)12(16)7-15-11/h2-3,6-7,10,12H,4-5H2,1H3. The molecule has 1 aromatic carbocycles. The van der Waals surface area contributed by atoms with Crippen molar-refractivity contribution in [2.24, 2.45) is 4.99 Å². The van der Waals surface area contributed by atoms with E-state index in [2.05, 4.69) is 4.99 Å². The zero-order valence-corrected chi connectivity index (χ0v) is 9.97. The van der Waals surface area contributed by atoms with Gasteiger partial charge >= 0.3 is 0 Å². The lowest BCUT2D eigenvalue weighted by Crippen LogP contribution is -2.38. The van der Waals surface area contributed by atoms with Gasteiger partial charge in [0.25, 0.3) is 5.91 Å². The molecule has 2 heterocycles. The van der Waals surface area contributed by atoms with E-state index in [1.165, 1.54) is 6.21 Å². The maximum absolute atomic E-state index is 13.7. The third kappa shape index (κ3) is 1.58. The first-order valence-corrected chi connectivity index (χ1v) is 5.88. The molecular formula is C13H13FN2O2. The zero-order chi connectivity index (χ0) is 12.7. The third-order valence-electron chi connectivity index (χ3n) is 3.44. The highest BCUT2D eigenvalue weighted by atomic mass is 19.1. The molecule has 2 unspecified atom stereocenters. The van der Waals surface area contributed by atoms with E-state index >= 15 is 0 Å². The summed E-state index contributed by atoms with van der Waals surface area (Å²) in [7, 11) is 1.54. The minimum Gasteiger partial charge on any atom is -0.497 e. The molecule has 0 saturated carbocycles. The van der Waals surface area contributed by atoms with Gasteiger partial charge in [-0.05, 0) is 24.6 Å². The van der Waals surface area contributed by atoms with Crippen molar-refractivity contribution >= 4 is 17.8 Å². The quantitative estimate of drug-likeness (QED) is 0.762. The molecule has 5 heteroatoms. The molecule has 4 nitrogen and oxygen atoms in total. The van der Waals surface area contributed by atoms with Gasteiger partial charge in [0.2, 0.25) is 0 Å². The van der Waals surface area contributed by atoms with Crippen molar-refractivity contribution in [2.45, 2.75) is 18.6 Å². The number of methoxy groups -OCH3 is 1. The van der Waals surface area contributed by atoms with Crippen molar-refractivity contribution in [3.05, 3.63) is 23.8 Å². The van der Waals surface area contributed by atoms with Crippen LogP contribution in [0.2, 0.25) is 0 Å². The smallest absolute Gasteiger partial charge is 0.256 e. The molecule has 18 heavy (non-hydrogen) atoms. The maximum Gasteiger partial charge on any atom is 0.256 e. The van der Waals surface area contributed by atoms with E-state index in [1.54, 1.807) is 30.2 Å². The molecule has 3 rings (SSSR count).